The summed E-state index contributed by atoms with van der Waals surface area (Å²) in [5.74, 6) is -0.328. The van der Waals surface area contributed by atoms with Gasteiger partial charge < -0.3 is 16.4 Å². The molecule has 7 nitrogen and oxygen atoms in total. The Labute approximate surface area is 112 Å². The first-order valence-electron chi connectivity index (χ1n) is 6.01. The highest BCUT2D eigenvalue weighted by Gasteiger charge is 2.25. The Morgan fingerprint density at radius 3 is 2.63 bits per heavy atom. The molecule has 0 aromatic carbocycles. The molecule has 0 aliphatic carbocycles. The Bertz CT molecular complexity index is 473. The Kier molecular flexibility index (Phi) is 4.80. The zero-order chi connectivity index (χ0) is 14.5. The zero-order valence-electron chi connectivity index (χ0n) is 11.4. The van der Waals surface area contributed by atoms with Gasteiger partial charge in [-0.05, 0) is 20.8 Å². The van der Waals surface area contributed by atoms with Crippen molar-refractivity contribution in [1.82, 2.24) is 15.3 Å². The predicted molar refractivity (Wildman–Crippen MR) is 71.5 cm³/mol. The minimum Gasteiger partial charge on any atom is -0.369 e. The summed E-state index contributed by atoms with van der Waals surface area (Å²) in [5.41, 5.74) is 4.62. The second-order valence-electron chi connectivity index (χ2n) is 4.75. The number of carbonyl (C=O) groups is 2. The topological polar surface area (TPSA) is 110 Å². The van der Waals surface area contributed by atoms with Gasteiger partial charge in [0.15, 0.2) is 0 Å². The molecule has 0 radical (unpaired) electrons. The van der Waals surface area contributed by atoms with Crippen molar-refractivity contribution in [3.05, 3.63) is 18.1 Å². The van der Waals surface area contributed by atoms with Gasteiger partial charge in [-0.25, -0.2) is 4.98 Å². The van der Waals surface area contributed by atoms with Crippen LogP contribution in [0.3, 0.4) is 0 Å². The fourth-order valence-corrected chi connectivity index (χ4v) is 1.22. The standard InChI is InChI=1S/C12H19N5O2/c1-4-15-9-6-14-5-8(17-9)10(18)16-7-12(2,3)11(13)19/h5-6H,4,7H2,1-3H3,(H2,13,19)(H,15,17)(H,16,18). The van der Waals surface area contributed by atoms with Crippen LogP contribution in [0.1, 0.15) is 31.3 Å². The van der Waals surface area contributed by atoms with Crippen LogP contribution in [0.4, 0.5) is 5.82 Å². The van der Waals surface area contributed by atoms with Crippen LogP contribution in [0.5, 0.6) is 0 Å². The molecule has 0 bridgehead atoms. The number of nitrogens with zero attached hydrogens (tertiary/aromatic N) is 2. The van der Waals surface area contributed by atoms with Crippen molar-refractivity contribution in [1.29, 1.82) is 0 Å². The molecule has 7 heteroatoms. The van der Waals surface area contributed by atoms with E-state index in [-0.39, 0.29) is 18.1 Å². The Hall–Kier alpha value is -2.18. The van der Waals surface area contributed by atoms with Gasteiger partial charge in [0.25, 0.3) is 5.91 Å². The van der Waals surface area contributed by atoms with Gasteiger partial charge in [-0.1, -0.05) is 0 Å². The van der Waals surface area contributed by atoms with Crippen molar-refractivity contribution in [3.8, 4) is 0 Å². The van der Waals surface area contributed by atoms with Crippen LogP contribution >= 0.6 is 0 Å². The number of primary amides is 1. The maximum atomic E-state index is 11.9. The second-order valence-corrected chi connectivity index (χ2v) is 4.75. The molecule has 1 aromatic rings. The highest BCUT2D eigenvalue weighted by Crippen LogP contribution is 2.12. The molecular weight excluding hydrogens is 246 g/mol. The first-order chi connectivity index (χ1) is 8.86. The van der Waals surface area contributed by atoms with Gasteiger partial charge in [-0.2, -0.15) is 0 Å². The minimum atomic E-state index is -0.803. The van der Waals surface area contributed by atoms with E-state index in [9.17, 15) is 9.59 Å². The molecule has 0 aliphatic rings. The highest BCUT2D eigenvalue weighted by atomic mass is 16.2. The summed E-state index contributed by atoms with van der Waals surface area (Å²) in [7, 11) is 0. The summed E-state index contributed by atoms with van der Waals surface area (Å²) >= 11 is 0. The van der Waals surface area contributed by atoms with Crippen LogP contribution in [0, 0.1) is 5.41 Å². The summed E-state index contributed by atoms with van der Waals surface area (Å²) in [4.78, 5) is 31.1. The average Bonchev–Trinajstić information content (AvgIpc) is 2.36. The summed E-state index contributed by atoms with van der Waals surface area (Å²) in [6, 6.07) is 0. The molecule has 1 rings (SSSR count). The lowest BCUT2D eigenvalue weighted by Gasteiger charge is -2.20. The zero-order valence-corrected chi connectivity index (χ0v) is 11.4. The number of hydrogen-bond acceptors (Lipinski definition) is 5. The van der Waals surface area contributed by atoms with Gasteiger partial charge in [0.2, 0.25) is 5.91 Å². The van der Waals surface area contributed by atoms with Crippen molar-refractivity contribution in [3.63, 3.8) is 0 Å². The van der Waals surface area contributed by atoms with Crippen LogP contribution in [0.2, 0.25) is 0 Å². The lowest BCUT2D eigenvalue weighted by molar-refractivity contribution is -0.125. The van der Waals surface area contributed by atoms with E-state index in [0.29, 0.717) is 12.4 Å². The van der Waals surface area contributed by atoms with Crippen molar-refractivity contribution in [2.75, 3.05) is 18.4 Å². The molecule has 0 spiro atoms. The van der Waals surface area contributed by atoms with Crippen molar-refractivity contribution >= 4 is 17.6 Å². The fraction of sp³-hybridized carbons (Fsp3) is 0.500. The van der Waals surface area contributed by atoms with Crippen molar-refractivity contribution in [2.24, 2.45) is 11.1 Å². The number of hydrogen-bond donors (Lipinski definition) is 3. The normalized spacial score (nSPS) is 10.9. The molecule has 104 valence electrons. The number of anilines is 1. The number of amides is 2. The van der Waals surface area contributed by atoms with E-state index in [1.807, 2.05) is 6.92 Å². The van der Waals surface area contributed by atoms with E-state index >= 15 is 0 Å². The van der Waals surface area contributed by atoms with Gasteiger partial charge in [-0.15, -0.1) is 0 Å². The maximum Gasteiger partial charge on any atom is 0.271 e. The van der Waals surface area contributed by atoms with Gasteiger partial charge in [0, 0.05) is 13.1 Å². The van der Waals surface area contributed by atoms with E-state index in [1.165, 1.54) is 12.4 Å². The Morgan fingerprint density at radius 2 is 2.05 bits per heavy atom. The van der Waals surface area contributed by atoms with E-state index in [2.05, 4.69) is 20.6 Å². The summed E-state index contributed by atoms with van der Waals surface area (Å²) in [6.45, 7) is 6.08. The number of carbonyl (C=O) groups excluding carboxylic acids is 2. The largest absolute Gasteiger partial charge is 0.369 e. The van der Waals surface area contributed by atoms with Gasteiger partial charge in [-0.3, -0.25) is 14.6 Å². The molecule has 2 amide bonds. The summed E-state index contributed by atoms with van der Waals surface area (Å²) in [5, 5.41) is 5.59. The lowest BCUT2D eigenvalue weighted by Crippen LogP contribution is -2.42. The Morgan fingerprint density at radius 1 is 1.37 bits per heavy atom. The predicted octanol–water partition coefficient (Wildman–Crippen LogP) is 0.150. The summed E-state index contributed by atoms with van der Waals surface area (Å²) in [6.07, 6.45) is 2.90. The van der Waals surface area contributed by atoms with E-state index < -0.39 is 11.3 Å². The molecular formula is C12H19N5O2. The SMILES string of the molecule is CCNc1cncc(C(=O)NCC(C)(C)C(N)=O)n1. The first-order valence-corrected chi connectivity index (χ1v) is 6.01. The van der Waals surface area contributed by atoms with Gasteiger partial charge in [0.1, 0.15) is 11.5 Å². The quantitative estimate of drug-likeness (QED) is 0.678. The number of aromatic nitrogens is 2. The van der Waals surface area contributed by atoms with E-state index in [1.54, 1.807) is 13.8 Å². The molecule has 0 aliphatic heterocycles. The highest BCUT2D eigenvalue weighted by molar-refractivity contribution is 5.92. The number of nitrogens with two attached hydrogens (primary N) is 1. The molecule has 0 saturated heterocycles. The molecule has 1 aromatic heterocycles. The number of rotatable bonds is 6. The van der Waals surface area contributed by atoms with Crippen LogP contribution in [0.25, 0.3) is 0 Å². The van der Waals surface area contributed by atoms with E-state index in [0.717, 1.165) is 0 Å². The third kappa shape index (κ3) is 4.20. The van der Waals surface area contributed by atoms with E-state index in [4.69, 9.17) is 5.73 Å². The van der Waals surface area contributed by atoms with Crippen LogP contribution in [-0.4, -0.2) is 34.9 Å². The third-order valence-corrected chi connectivity index (χ3v) is 2.58. The molecule has 1 heterocycles. The molecule has 4 N–H and O–H groups in total. The fourth-order valence-electron chi connectivity index (χ4n) is 1.22. The van der Waals surface area contributed by atoms with Crippen molar-refractivity contribution < 1.29 is 9.59 Å². The maximum absolute atomic E-state index is 11.9. The molecule has 0 fully saturated rings. The van der Waals surface area contributed by atoms with Crippen LogP contribution in [-0.2, 0) is 4.79 Å². The third-order valence-electron chi connectivity index (χ3n) is 2.58. The molecule has 0 unspecified atom stereocenters. The summed E-state index contributed by atoms with van der Waals surface area (Å²) < 4.78 is 0. The smallest absolute Gasteiger partial charge is 0.271 e. The molecule has 0 saturated carbocycles. The van der Waals surface area contributed by atoms with Crippen molar-refractivity contribution in [2.45, 2.75) is 20.8 Å². The van der Waals surface area contributed by atoms with Crippen LogP contribution < -0.4 is 16.4 Å². The monoisotopic (exact) mass is 265 g/mol. The Balaban J connectivity index is 2.68. The lowest BCUT2D eigenvalue weighted by atomic mass is 9.93. The van der Waals surface area contributed by atoms with Gasteiger partial charge in [0.05, 0.1) is 17.8 Å². The minimum absolute atomic E-state index is 0.147. The molecule has 19 heavy (non-hydrogen) atoms. The second kappa shape index (κ2) is 6.12. The van der Waals surface area contributed by atoms with Crippen LogP contribution in [0.15, 0.2) is 12.4 Å². The number of nitrogens with one attached hydrogen (secondary N) is 2. The first kappa shape index (κ1) is 14.9. The average molecular weight is 265 g/mol. The van der Waals surface area contributed by atoms with Gasteiger partial charge >= 0.3 is 0 Å². The molecule has 0 atom stereocenters.